The molecule has 0 heterocycles. The molecule has 0 saturated heterocycles. The summed E-state index contributed by atoms with van der Waals surface area (Å²) in [6.07, 6.45) is 0.844. The summed E-state index contributed by atoms with van der Waals surface area (Å²) in [6, 6.07) is 0. The Morgan fingerprint density at radius 2 is 1.93 bits per heavy atom. The average Bonchev–Trinajstić information content (AvgIpc) is 2.15. The number of allylic oxidation sites excluding steroid dienone is 1. The van der Waals surface area contributed by atoms with Crippen LogP contribution in [0.4, 0.5) is 0 Å². The highest BCUT2D eigenvalue weighted by atomic mass is 15.1. The first-order valence-electron chi connectivity index (χ1n) is 5.02. The number of nitrogens with two attached hydrogens (primary N) is 2. The topological polar surface area (TPSA) is 76.4 Å². The fourth-order valence-corrected chi connectivity index (χ4v) is 1.11. The molecule has 0 amide bonds. The number of hydrogen-bond acceptors (Lipinski definition) is 3. The second kappa shape index (κ2) is 6.11. The van der Waals surface area contributed by atoms with Gasteiger partial charge >= 0.3 is 0 Å². The summed E-state index contributed by atoms with van der Waals surface area (Å²) in [5.41, 5.74) is 13.0. The Morgan fingerprint density at radius 3 is 2.33 bits per heavy atom. The number of hydrogen-bond donors (Lipinski definition) is 3. The summed E-state index contributed by atoms with van der Waals surface area (Å²) in [4.78, 5) is 3.94. The van der Waals surface area contributed by atoms with E-state index in [1.54, 1.807) is 7.05 Å². The minimum Gasteiger partial charge on any atom is -0.396 e. The summed E-state index contributed by atoms with van der Waals surface area (Å²) in [7, 11) is 1.69. The third-order valence-corrected chi connectivity index (χ3v) is 1.98. The van der Waals surface area contributed by atoms with Crippen LogP contribution in [0.15, 0.2) is 28.7 Å². The van der Waals surface area contributed by atoms with Gasteiger partial charge in [0.25, 0.3) is 0 Å². The third kappa shape index (κ3) is 5.10. The first-order valence-corrected chi connectivity index (χ1v) is 5.02. The lowest BCUT2D eigenvalue weighted by atomic mass is 10.0. The van der Waals surface area contributed by atoms with Crippen molar-refractivity contribution in [1.29, 1.82) is 0 Å². The second-order valence-corrected chi connectivity index (χ2v) is 3.96. The molecule has 0 atom stereocenters. The van der Waals surface area contributed by atoms with Gasteiger partial charge in [-0.25, -0.2) is 0 Å². The lowest BCUT2D eigenvalue weighted by molar-refractivity contribution is 0.644. The summed E-state index contributed by atoms with van der Waals surface area (Å²) >= 11 is 0. The maximum absolute atomic E-state index is 5.85. The molecule has 0 saturated carbocycles. The highest BCUT2D eigenvalue weighted by Gasteiger charge is 2.06. The molecule has 0 aliphatic carbocycles. The number of rotatable bonds is 4. The van der Waals surface area contributed by atoms with E-state index >= 15 is 0 Å². The smallest absolute Gasteiger partial charge is 0.125 e. The van der Waals surface area contributed by atoms with E-state index in [0.29, 0.717) is 17.4 Å². The Bertz CT molecular complexity index is 287. The number of amidine groups is 1. The van der Waals surface area contributed by atoms with Gasteiger partial charge in [0.1, 0.15) is 5.82 Å². The van der Waals surface area contributed by atoms with E-state index in [2.05, 4.69) is 30.7 Å². The molecular weight excluding hydrogens is 188 g/mol. The zero-order chi connectivity index (χ0) is 12.0. The summed E-state index contributed by atoms with van der Waals surface area (Å²) in [5.74, 6) is 1.67. The van der Waals surface area contributed by atoms with Crippen LogP contribution in [0.3, 0.4) is 0 Å². The van der Waals surface area contributed by atoms with Gasteiger partial charge in [0, 0.05) is 7.05 Å². The highest BCUT2D eigenvalue weighted by molar-refractivity contribution is 5.81. The van der Waals surface area contributed by atoms with Crippen LogP contribution in [0.2, 0.25) is 0 Å². The molecule has 5 N–H and O–H groups in total. The summed E-state index contributed by atoms with van der Waals surface area (Å²) in [5, 5.41) is 2.90. The van der Waals surface area contributed by atoms with E-state index < -0.39 is 0 Å². The van der Waals surface area contributed by atoms with Crippen molar-refractivity contribution in [3.05, 3.63) is 23.7 Å². The van der Waals surface area contributed by atoms with E-state index in [1.807, 2.05) is 6.92 Å². The van der Waals surface area contributed by atoms with Crippen LogP contribution in [0.1, 0.15) is 27.2 Å². The molecule has 0 aromatic rings. The molecule has 0 spiro atoms. The zero-order valence-electron chi connectivity index (χ0n) is 10.1. The Labute approximate surface area is 92.1 Å². The molecule has 0 aliphatic heterocycles. The van der Waals surface area contributed by atoms with E-state index in [-0.39, 0.29) is 0 Å². The lowest BCUT2D eigenvalue weighted by Gasteiger charge is -2.13. The van der Waals surface area contributed by atoms with Crippen molar-refractivity contribution < 1.29 is 0 Å². The third-order valence-electron chi connectivity index (χ3n) is 1.98. The number of nitrogens with one attached hydrogen (secondary N) is 1. The molecule has 86 valence electrons. The molecule has 0 unspecified atom stereocenters. The van der Waals surface area contributed by atoms with Crippen LogP contribution < -0.4 is 16.8 Å². The molecule has 0 bridgehead atoms. The largest absolute Gasteiger partial charge is 0.396 e. The molecule has 0 aromatic carbocycles. The van der Waals surface area contributed by atoms with E-state index in [4.69, 9.17) is 11.5 Å². The molecular formula is C11H22N4. The van der Waals surface area contributed by atoms with Crippen LogP contribution in [-0.2, 0) is 0 Å². The Hall–Kier alpha value is -1.45. The van der Waals surface area contributed by atoms with Gasteiger partial charge in [-0.05, 0) is 24.8 Å². The van der Waals surface area contributed by atoms with Crippen molar-refractivity contribution >= 4 is 5.84 Å². The van der Waals surface area contributed by atoms with E-state index in [0.717, 1.165) is 17.8 Å². The number of aliphatic imine (C=N–C) groups is 1. The van der Waals surface area contributed by atoms with Gasteiger partial charge in [0.15, 0.2) is 0 Å². The Balaban J connectivity index is 4.56. The average molecular weight is 210 g/mol. The van der Waals surface area contributed by atoms with Crippen LogP contribution in [0.25, 0.3) is 0 Å². The monoisotopic (exact) mass is 210 g/mol. The van der Waals surface area contributed by atoms with Crippen molar-refractivity contribution in [2.45, 2.75) is 27.2 Å². The molecule has 0 aliphatic rings. The standard InChI is InChI=1S/C11H22N4/c1-7(2)6-8(3)10(12)11(13)15-9(4)14-5/h7H,3,6,12-13H2,1-2,4-5H3,(H,14,15)/b11-10+. The lowest BCUT2D eigenvalue weighted by Crippen LogP contribution is -2.29. The minimum absolute atomic E-state index is 0.420. The van der Waals surface area contributed by atoms with Crippen LogP contribution in [-0.4, -0.2) is 12.9 Å². The van der Waals surface area contributed by atoms with E-state index in [1.165, 1.54) is 0 Å². The number of nitrogens with zero attached hydrogens (tertiary/aromatic N) is 1. The van der Waals surface area contributed by atoms with Crippen molar-refractivity contribution in [2.24, 2.45) is 22.4 Å². The molecule has 0 aromatic heterocycles. The molecule has 0 radical (unpaired) electrons. The van der Waals surface area contributed by atoms with Crippen molar-refractivity contribution in [3.63, 3.8) is 0 Å². The van der Waals surface area contributed by atoms with Crippen molar-refractivity contribution in [2.75, 3.05) is 7.05 Å². The maximum atomic E-state index is 5.85. The molecule has 0 fully saturated rings. The predicted octanol–water partition coefficient (Wildman–Crippen LogP) is 1.31. The minimum atomic E-state index is 0.420. The SMILES string of the molecule is C=C(CC(C)C)/C(N)=C(/N)NC(C)=NC. The van der Waals surface area contributed by atoms with Crippen molar-refractivity contribution in [1.82, 2.24) is 5.32 Å². The van der Waals surface area contributed by atoms with Crippen LogP contribution in [0, 0.1) is 5.92 Å². The molecule has 4 heteroatoms. The van der Waals surface area contributed by atoms with Gasteiger partial charge < -0.3 is 16.8 Å². The van der Waals surface area contributed by atoms with Crippen LogP contribution >= 0.6 is 0 Å². The van der Waals surface area contributed by atoms with Gasteiger partial charge in [-0.15, -0.1) is 0 Å². The van der Waals surface area contributed by atoms with Gasteiger partial charge in [0.05, 0.1) is 11.5 Å². The Kier molecular flexibility index (Phi) is 5.52. The zero-order valence-corrected chi connectivity index (χ0v) is 10.1. The summed E-state index contributed by atoms with van der Waals surface area (Å²) in [6.45, 7) is 9.95. The fraction of sp³-hybridized carbons (Fsp3) is 0.545. The normalized spacial score (nSPS) is 13.8. The Morgan fingerprint density at radius 1 is 1.40 bits per heavy atom. The highest BCUT2D eigenvalue weighted by Crippen LogP contribution is 2.14. The summed E-state index contributed by atoms with van der Waals surface area (Å²) < 4.78 is 0. The van der Waals surface area contributed by atoms with Gasteiger partial charge in [-0.2, -0.15) is 0 Å². The van der Waals surface area contributed by atoms with Gasteiger partial charge in [0.2, 0.25) is 0 Å². The van der Waals surface area contributed by atoms with Crippen LogP contribution in [0.5, 0.6) is 0 Å². The molecule has 15 heavy (non-hydrogen) atoms. The quantitative estimate of drug-likeness (QED) is 0.372. The van der Waals surface area contributed by atoms with Gasteiger partial charge in [-0.1, -0.05) is 20.4 Å². The van der Waals surface area contributed by atoms with E-state index in [9.17, 15) is 0 Å². The predicted molar refractivity (Wildman–Crippen MR) is 66.2 cm³/mol. The first-order chi connectivity index (χ1) is 6.88. The first kappa shape index (κ1) is 13.5. The fourth-order valence-electron chi connectivity index (χ4n) is 1.11. The van der Waals surface area contributed by atoms with Gasteiger partial charge in [-0.3, -0.25) is 4.99 Å². The second-order valence-electron chi connectivity index (χ2n) is 3.96. The maximum Gasteiger partial charge on any atom is 0.125 e. The molecule has 0 rings (SSSR count). The van der Waals surface area contributed by atoms with Crippen molar-refractivity contribution in [3.8, 4) is 0 Å². The molecule has 4 nitrogen and oxygen atoms in total.